The summed E-state index contributed by atoms with van der Waals surface area (Å²) in [4.78, 5) is 0. The van der Waals surface area contributed by atoms with E-state index in [1.807, 2.05) is 0 Å². The minimum Gasteiger partial charge on any atom is -0.249 e. The third-order valence-electron chi connectivity index (χ3n) is 2.22. The SMILES string of the molecule is CCCC[N+](N)(CC)CC. The van der Waals surface area contributed by atoms with Crippen molar-refractivity contribution in [3.8, 4) is 0 Å². The number of unbranched alkanes of at least 4 members (excludes halogenated alkanes) is 1. The molecule has 0 amide bonds. The van der Waals surface area contributed by atoms with Crippen LogP contribution in [0.15, 0.2) is 0 Å². The molecule has 0 aromatic carbocycles. The fourth-order valence-electron chi connectivity index (χ4n) is 1.01. The molecule has 0 unspecified atom stereocenters. The normalized spacial score (nSPS) is 12.0. The van der Waals surface area contributed by atoms with Crippen LogP contribution in [0.4, 0.5) is 0 Å². The summed E-state index contributed by atoms with van der Waals surface area (Å²) in [5, 5.41) is 0. The lowest BCUT2D eigenvalue weighted by Gasteiger charge is -2.30. The Labute approximate surface area is 64.6 Å². The maximum absolute atomic E-state index is 6.02. The summed E-state index contributed by atoms with van der Waals surface area (Å²) in [7, 11) is 0. The number of hydrogen-bond donors (Lipinski definition) is 1. The molecule has 0 spiro atoms. The highest BCUT2D eigenvalue weighted by Gasteiger charge is 2.15. The first-order valence-electron chi connectivity index (χ1n) is 4.33. The fourth-order valence-corrected chi connectivity index (χ4v) is 1.01. The molecule has 62 valence electrons. The highest BCUT2D eigenvalue weighted by molar-refractivity contribution is 4.33. The molecule has 0 bridgehead atoms. The van der Waals surface area contributed by atoms with E-state index in [2.05, 4.69) is 20.8 Å². The van der Waals surface area contributed by atoms with Crippen molar-refractivity contribution in [1.82, 2.24) is 0 Å². The molecule has 0 heterocycles. The van der Waals surface area contributed by atoms with E-state index in [4.69, 9.17) is 5.84 Å². The molecule has 0 rings (SSSR count). The lowest BCUT2D eigenvalue weighted by Crippen LogP contribution is -2.54. The van der Waals surface area contributed by atoms with Gasteiger partial charge in [-0.15, -0.1) is 0 Å². The predicted molar refractivity (Wildman–Crippen MR) is 45.3 cm³/mol. The molecule has 0 aliphatic rings. The van der Waals surface area contributed by atoms with Crippen molar-refractivity contribution in [3.05, 3.63) is 0 Å². The van der Waals surface area contributed by atoms with E-state index in [1.54, 1.807) is 0 Å². The average molecular weight is 145 g/mol. The van der Waals surface area contributed by atoms with E-state index in [0.717, 1.165) is 24.2 Å². The van der Waals surface area contributed by atoms with Gasteiger partial charge in [-0.1, -0.05) is 13.3 Å². The van der Waals surface area contributed by atoms with Crippen LogP contribution in [0.5, 0.6) is 0 Å². The van der Waals surface area contributed by atoms with Gasteiger partial charge in [0.2, 0.25) is 0 Å². The van der Waals surface area contributed by atoms with Crippen molar-refractivity contribution in [2.24, 2.45) is 5.84 Å². The Morgan fingerprint density at radius 3 is 1.90 bits per heavy atom. The summed E-state index contributed by atoms with van der Waals surface area (Å²) in [5.74, 6) is 6.02. The van der Waals surface area contributed by atoms with E-state index < -0.39 is 0 Å². The largest absolute Gasteiger partial charge is 0.249 e. The fraction of sp³-hybridized carbons (Fsp3) is 1.00. The van der Waals surface area contributed by atoms with E-state index >= 15 is 0 Å². The number of rotatable bonds is 5. The second kappa shape index (κ2) is 4.69. The van der Waals surface area contributed by atoms with Crippen molar-refractivity contribution in [2.45, 2.75) is 33.6 Å². The zero-order chi connectivity index (χ0) is 8.04. The third-order valence-corrected chi connectivity index (χ3v) is 2.22. The number of hydrogen-bond acceptors (Lipinski definition) is 1. The summed E-state index contributed by atoms with van der Waals surface area (Å²) >= 11 is 0. The van der Waals surface area contributed by atoms with Gasteiger partial charge < -0.3 is 0 Å². The van der Waals surface area contributed by atoms with Crippen LogP contribution in [0, 0.1) is 0 Å². The molecule has 10 heavy (non-hydrogen) atoms. The summed E-state index contributed by atoms with van der Waals surface area (Å²) in [5.41, 5.74) is 0. The van der Waals surface area contributed by atoms with Gasteiger partial charge in [0.05, 0.1) is 19.6 Å². The first-order valence-corrected chi connectivity index (χ1v) is 4.33. The summed E-state index contributed by atoms with van der Waals surface area (Å²) in [6, 6.07) is 0. The maximum Gasteiger partial charge on any atom is 0.0959 e. The Morgan fingerprint density at radius 1 is 1.10 bits per heavy atom. The van der Waals surface area contributed by atoms with E-state index in [-0.39, 0.29) is 0 Å². The molecule has 0 aliphatic heterocycles. The van der Waals surface area contributed by atoms with E-state index in [0.29, 0.717) is 0 Å². The molecule has 0 saturated carbocycles. The van der Waals surface area contributed by atoms with Crippen LogP contribution < -0.4 is 5.84 Å². The number of nitrogens with two attached hydrogens (primary N) is 1. The molecule has 2 N–H and O–H groups in total. The summed E-state index contributed by atoms with van der Waals surface area (Å²) in [6.07, 6.45) is 2.50. The number of quaternary nitrogens is 1. The number of nitrogens with zero attached hydrogens (tertiary/aromatic N) is 1. The van der Waals surface area contributed by atoms with Crippen LogP contribution in [0.3, 0.4) is 0 Å². The first kappa shape index (κ1) is 9.92. The molecule has 2 heteroatoms. The van der Waals surface area contributed by atoms with Crippen molar-refractivity contribution >= 4 is 0 Å². The zero-order valence-electron chi connectivity index (χ0n) is 7.56. The van der Waals surface area contributed by atoms with Crippen LogP contribution >= 0.6 is 0 Å². The Bertz CT molecular complexity index is 77.3. The van der Waals surface area contributed by atoms with Gasteiger partial charge in [0, 0.05) is 0 Å². The standard InChI is InChI=1S/C8H21N2/c1-4-7-8-10(9,5-2)6-3/h4-9H2,1-3H3/q+1. The smallest absolute Gasteiger partial charge is 0.0959 e. The lowest BCUT2D eigenvalue weighted by molar-refractivity contribution is -0.936. The Balaban J connectivity index is 3.58. The average Bonchev–Trinajstić information content (AvgIpc) is 2.00. The van der Waals surface area contributed by atoms with Gasteiger partial charge in [0.1, 0.15) is 0 Å². The molecular weight excluding hydrogens is 124 g/mol. The molecule has 0 radical (unpaired) electrons. The molecule has 0 aliphatic carbocycles. The Hall–Kier alpha value is -0.0800. The minimum absolute atomic E-state index is 0.744. The van der Waals surface area contributed by atoms with Crippen molar-refractivity contribution < 1.29 is 4.59 Å². The molecule has 0 aromatic rings. The highest BCUT2D eigenvalue weighted by Crippen LogP contribution is 2.00. The second-order valence-electron chi connectivity index (χ2n) is 2.93. The van der Waals surface area contributed by atoms with Gasteiger partial charge in [-0.2, -0.15) is 5.84 Å². The molecular formula is C8H21N2+. The summed E-state index contributed by atoms with van der Waals surface area (Å²) in [6.45, 7) is 9.74. The van der Waals surface area contributed by atoms with E-state index in [1.165, 1.54) is 12.8 Å². The van der Waals surface area contributed by atoms with Crippen LogP contribution in [-0.4, -0.2) is 24.2 Å². The first-order chi connectivity index (χ1) is 4.68. The Kier molecular flexibility index (Phi) is 4.65. The molecule has 0 fully saturated rings. The second-order valence-corrected chi connectivity index (χ2v) is 2.93. The van der Waals surface area contributed by atoms with Crippen LogP contribution in [0.2, 0.25) is 0 Å². The van der Waals surface area contributed by atoms with Crippen molar-refractivity contribution in [3.63, 3.8) is 0 Å². The van der Waals surface area contributed by atoms with Gasteiger partial charge in [-0.25, -0.2) is 4.59 Å². The Morgan fingerprint density at radius 2 is 1.60 bits per heavy atom. The van der Waals surface area contributed by atoms with E-state index in [9.17, 15) is 0 Å². The monoisotopic (exact) mass is 145 g/mol. The van der Waals surface area contributed by atoms with Gasteiger partial charge >= 0.3 is 0 Å². The van der Waals surface area contributed by atoms with Gasteiger partial charge in [-0.05, 0) is 20.3 Å². The zero-order valence-corrected chi connectivity index (χ0v) is 7.56. The van der Waals surface area contributed by atoms with Crippen molar-refractivity contribution in [1.29, 1.82) is 0 Å². The van der Waals surface area contributed by atoms with Crippen LogP contribution in [-0.2, 0) is 0 Å². The molecule has 0 aromatic heterocycles. The summed E-state index contributed by atoms with van der Waals surface area (Å²) < 4.78 is 0.744. The molecule has 0 saturated heterocycles. The maximum atomic E-state index is 6.02. The van der Waals surface area contributed by atoms with Gasteiger partial charge in [0.15, 0.2) is 0 Å². The quantitative estimate of drug-likeness (QED) is 0.354. The topological polar surface area (TPSA) is 26.0 Å². The lowest BCUT2D eigenvalue weighted by atomic mass is 10.3. The molecule has 2 nitrogen and oxygen atoms in total. The minimum atomic E-state index is 0.744. The third kappa shape index (κ3) is 3.18. The van der Waals surface area contributed by atoms with Crippen LogP contribution in [0.1, 0.15) is 33.6 Å². The highest BCUT2D eigenvalue weighted by atomic mass is 15.6. The predicted octanol–water partition coefficient (Wildman–Crippen LogP) is 1.52. The molecule has 0 atom stereocenters. The van der Waals surface area contributed by atoms with Gasteiger partial charge in [0.25, 0.3) is 0 Å². The van der Waals surface area contributed by atoms with Crippen LogP contribution in [0.25, 0.3) is 0 Å². The van der Waals surface area contributed by atoms with Crippen molar-refractivity contribution in [2.75, 3.05) is 19.6 Å². The van der Waals surface area contributed by atoms with Gasteiger partial charge in [-0.3, -0.25) is 0 Å².